The first-order valence-corrected chi connectivity index (χ1v) is 8.33. The lowest BCUT2D eigenvalue weighted by atomic mass is 10.3. The molecule has 0 unspecified atom stereocenters. The Morgan fingerprint density at radius 2 is 1.81 bits per heavy atom. The molecule has 0 aliphatic carbocycles. The van der Waals surface area contributed by atoms with E-state index in [1.165, 1.54) is 26.4 Å². The summed E-state index contributed by atoms with van der Waals surface area (Å²) in [7, 11) is -0.814. The second kappa shape index (κ2) is 8.54. The average molecular weight is 384 g/mol. The van der Waals surface area contributed by atoms with Crippen molar-refractivity contribution in [2.75, 3.05) is 40.6 Å². The van der Waals surface area contributed by atoms with E-state index in [1.54, 1.807) is 0 Å². The van der Waals surface area contributed by atoms with Crippen LogP contribution < -0.4 is 14.2 Å². The summed E-state index contributed by atoms with van der Waals surface area (Å²) in [5, 5.41) is 8.55. The number of hydrogen-bond acceptors (Lipinski definition) is 6. The fraction of sp³-hybridized carbons (Fsp3) is 0.500. The SMILES string of the molecule is COc1cc(Br)c(S(=O)(=O)NCCOCCO)cc1OC. The van der Waals surface area contributed by atoms with Gasteiger partial charge in [0, 0.05) is 17.1 Å². The number of nitrogens with one attached hydrogen (secondary N) is 1. The Morgan fingerprint density at radius 3 is 2.38 bits per heavy atom. The zero-order valence-corrected chi connectivity index (χ0v) is 14.2. The lowest BCUT2D eigenvalue weighted by Crippen LogP contribution is -2.28. The Bertz CT molecular complexity index is 563. The molecular formula is C12H18BrNO6S. The molecule has 21 heavy (non-hydrogen) atoms. The Morgan fingerprint density at radius 1 is 1.19 bits per heavy atom. The van der Waals surface area contributed by atoms with Crippen molar-refractivity contribution in [1.29, 1.82) is 0 Å². The fourth-order valence-electron chi connectivity index (χ4n) is 1.53. The van der Waals surface area contributed by atoms with Crippen LogP contribution in [0, 0.1) is 0 Å². The summed E-state index contributed by atoms with van der Waals surface area (Å²) in [6.07, 6.45) is 0. The molecule has 1 aromatic carbocycles. The smallest absolute Gasteiger partial charge is 0.241 e. The van der Waals surface area contributed by atoms with E-state index < -0.39 is 10.0 Å². The van der Waals surface area contributed by atoms with Crippen LogP contribution in [0.4, 0.5) is 0 Å². The minimum atomic E-state index is -3.71. The van der Waals surface area contributed by atoms with Gasteiger partial charge in [-0.3, -0.25) is 0 Å². The third kappa shape index (κ3) is 5.11. The first kappa shape index (κ1) is 18.2. The van der Waals surface area contributed by atoms with Gasteiger partial charge >= 0.3 is 0 Å². The first-order valence-electron chi connectivity index (χ1n) is 6.06. The second-order valence-electron chi connectivity index (χ2n) is 3.87. The van der Waals surface area contributed by atoms with Crippen LogP contribution >= 0.6 is 15.9 Å². The lowest BCUT2D eigenvalue weighted by molar-refractivity contribution is 0.0961. The molecule has 0 aliphatic heterocycles. The zero-order valence-electron chi connectivity index (χ0n) is 11.8. The molecule has 0 saturated carbocycles. The molecule has 1 rings (SSSR count). The highest BCUT2D eigenvalue weighted by atomic mass is 79.9. The molecule has 0 saturated heterocycles. The lowest BCUT2D eigenvalue weighted by Gasteiger charge is -2.13. The second-order valence-corrected chi connectivity index (χ2v) is 6.46. The standard InChI is InChI=1S/C12H18BrNO6S/c1-18-10-7-9(13)12(8-11(10)19-2)21(16,17)14-3-5-20-6-4-15/h7-8,14-15H,3-6H2,1-2H3. The predicted octanol–water partition coefficient (Wildman–Crippen LogP) is 0.753. The molecule has 1 aromatic rings. The molecule has 2 N–H and O–H groups in total. The quantitative estimate of drug-likeness (QED) is 0.611. The summed E-state index contributed by atoms with van der Waals surface area (Å²) in [5.41, 5.74) is 0. The molecule has 0 bridgehead atoms. The fourth-order valence-corrected chi connectivity index (χ4v) is 3.58. The monoisotopic (exact) mass is 383 g/mol. The van der Waals surface area contributed by atoms with Gasteiger partial charge in [0.05, 0.1) is 34.0 Å². The average Bonchev–Trinajstić information content (AvgIpc) is 2.46. The molecule has 0 atom stereocenters. The van der Waals surface area contributed by atoms with Crippen molar-refractivity contribution < 1.29 is 27.7 Å². The first-order chi connectivity index (χ1) is 9.96. The summed E-state index contributed by atoms with van der Waals surface area (Å²) in [4.78, 5) is 0.0438. The van der Waals surface area contributed by atoms with E-state index >= 15 is 0 Å². The van der Waals surface area contributed by atoms with Crippen molar-refractivity contribution in [2.24, 2.45) is 0 Å². The van der Waals surface area contributed by atoms with E-state index in [9.17, 15) is 8.42 Å². The van der Waals surface area contributed by atoms with Crippen molar-refractivity contribution in [2.45, 2.75) is 4.90 Å². The highest BCUT2D eigenvalue weighted by molar-refractivity contribution is 9.10. The van der Waals surface area contributed by atoms with Gasteiger partial charge in [0.1, 0.15) is 4.90 Å². The number of aliphatic hydroxyl groups is 1. The van der Waals surface area contributed by atoms with Crippen LogP contribution in [0.15, 0.2) is 21.5 Å². The van der Waals surface area contributed by atoms with Gasteiger partial charge < -0.3 is 19.3 Å². The van der Waals surface area contributed by atoms with E-state index in [-0.39, 0.29) is 31.3 Å². The Balaban J connectivity index is 2.87. The molecule has 7 nitrogen and oxygen atoms in total. The van der Waals surface area contributed by atoms with Crippen molar-refractivity contribution in [3.63, 3.8) is 0 Å². The normalized spacial score (nSPS) is 11.4. The Kier molecular flexibility index (Phi) is 7.40. The molecule has 0 aliphatic rings. The third-order valence-electron chi connectivity index (χ3n) is 2.50. The van der Waals surface area contributed by atoms with Crippen LogP contribution in [-0.2, 0) is 14.8 Å². The molecule has 9 heteroatoms. The molecule has 0 radical (unpaired) electrons. The van der Waals surface area contributed by atoms with Crippen LogP contribution in [0.25, 0.3) is 0 Å². The Labute approximate surface area is 132 Å². The summed E-state index contributed by atoms with van der Waals surface area (Å²) >= 11 is 3.20. The Hall–Kier alpha value is -0.870. The highest BCUT2D eigenvalue weighted by Gasteiger charge is 2.20. The summed E-state index contributed by atoms with van der Waals surface area (Å²) in [5.74, 6) is 0.743. The van der Waals surface area contributed by atoms with E-state index in [4.69, 9.17) is 19.3 Å². The van der Waals surface area contributed by atoms with E-state index in [0.717, 1.165) is 0 Å². The van der Waals surface area contributed by atoms with Crippen molar-refractivity contribution in [1.82, 2.24) is 4.72 Å². The number of hydrogen-bond donors (Lipinski definition) is 2. The molecular weight excluding hydrogens is 366 g/mol. The summed E-state index contributed by atoms with van der Waals surface area (Å²) in [6.45, 7) is 0.337. The molecule has 0 spiro atoms. The maximum Gasteiger partial charge on any atom is 0.241 e. The predicted molar refractivity (Wildman–Crippen MR) is 80.3 cm³/mol. The van der Waals surface area contributed by atoms with E-state index in [2.05, 4.69) is 20.7 Å². The van der Waals surface area contributed by atoms with Crippen LogP contribution in [0.5, 0.6) is 11.5 Å². The van der Waals surface area contributed by atoms with Gasteiger partial charge in [0.25, 0.3) is 0 Å². The van der Waals surface area contributed by atoms with Crippen LogP contribution in [0.2, 0.25) is 0 Å². The number of halogens is 1. The van der Waals surface area contributed by atoms with Gasteiger partial charge in [-0.15, -0.1) is 0 Å². The summed E-state index contributed by atoms with van der Waals surface area (Å²) < 4.78 is 42.4. The number of methoxy groups -OCH3 is 2. The van der Waals surface area contributed by atoms with Crippen LogP contribution in [0.1, 0.15) is 0 Å². The minimum absolute atomic E-state index is 0.0438. The number of sulfonamides is 1. The van der Waals surface area contributed by atoms with Gasteiger partial charge in [-0.2, -0.15) is 0 Å². The summed E-state index contributed by atoms with van der Waals surface area (Å²) in [6, 6.07) is 2.90. The van der Waals surface area contributed by atoms with Gasteiger partial charge in [0.2, 0.25) is 10.0 Å². The van der Waals surface area contributed by atoms with Gasteiger partial charge in [-0.05, 0) is 22.0 Å². The van der Waals surface area contributed by atoms with E-state index in [0.29, 0.717) is 16.0 Å². The molecule has 0 fully saturated rings. The zero-order chi connectivity index (χ0) is 15.9. The van der Waals surface area contributed by atoms with Gasteiger partial charge in [-0.1, -0.05) is 0 Å². The minimum Gasteiger partial charge on any atom is -0.493 e. The molecule has 120 valence electrons. The molecule has 0 amide bonds. The van der Waals surface area contributed by atoms with Gasteiger partial charge in [0.15, 0.2) is 11.5 Å². The van der Waals surface area contributed by atoms with Crippen molar-refractivity contribution >= 4 is 26.0 Å². The van der Waals surface area contributed by atoms with E-state index in [1.807, 2.05) is 0 Å². The highest BCUT2D eigenvalue weighted by Crippen LogP contribution is 2.35. The van der Waals surface area contributed by atoms with Crippen LogP contribution in [0.3, 0.4) is 0 Å². The number of ether oxygens (including phenoxy) is 3. The number of aliphatic hydroxyl groups excluding tert-OH is 1. The third-order valence-corrected chi connectivity index (χ3v) is 4.92. The van der Waals surface area contributed by atoms with Crippen LogP contribution in [-0.4, -0.2) is 54.1 Å². The molecule has 0 aromatic heterocycles. The largest absolute Gasteiger partial charge is 0.493 e. The topological polar surface area (TPSA) is 94.1 Å². The maximum atomic E-state index is 12.2. The molecule has 0 heterocycles. The number of rotatable bonds is 9. The number of benzene rings is 1. The van der Waals surface area contributed by atoms with Crippen molar-refractivity contribution in [3.8, 4) is 11.5 Å². The van der Waals surface area contributed by atoms with Gasteiger partial charge in [-0.25, -0.2) is 13.1 Å². The van der Waals surface area contributed by atoms with Crippen molar-refractivity contribution in [3.05, 3.63) is 16.6 Å². The maximum absolute atomic E-state index is 12.2.